The van der Waals surface area contributed by atoms with Crippen molar-refractivity contribution in [3.05, 3.63) is 60.2 Å². The number of nitrogens with zero attached hydrogens (tertiary/aromatic N) is 1. The monoisotopic (exact) mass is 312 g/mol. The number of anilines is 1. The highest BCUT2D eigenvalue weighted by molar-refractivity contribution is 5.95. The van der Waals surface area contributed by atoms with E-state index in [0.717, 1.165) is 5.75 Å². The van der Waals surface area contributed by atoms with E-state index in [1.165, 1.54) is 6.92 Å². The molecule has 0 aromatic heterocycles. The number of likely N-dealkylation sites (N-methyl/N-ethyl adjacent to an activating group) is 1. The first kappa shape index (κ1) is 16.5. The van der Waals surface area contributed by atoms with Gasteiger partial charge in [0.05, 0.1) is 6.54 Å². The molecule has 5 nitrogen and oxygen atoms in total. The van der Waals surface area contributed by atoms with Crippen LogP contribution in [0.2, 0.25) is 0 Å². The van der Waals surface area contributed by atoms with Gasteiger partial charge >= 0.3 is 0 Å². The van der Waals surface area contributed by atoms with Gasteiger partial charge in [0.15, 0.2) is 0 Å². The molecule has 2 aromatic rings. The molecule has 1 N–H and O–H groups in total. The Hall–Kier alpha value is -2.82. The molecule has 0 aliphatic rings. The molecule has 2 rings (SSSR count). The summed E-state index contributed by atoms with van der Waals surface area (Å²) in [7, 11) is 1.73. The molecule has 0 saturated carbocycles. The topological polar surface area (TPSA) is 58.6 Å². The maximum Gasteiger partial charge on any atom is 0.253 e. The van der Waals surface area contributed by atoms with Crippen LogP contribution in [0.4, 0.5) is 5.69 Å². The largest absolute Gasteiger partial charge is 0.492 e. The molecule has 0 bridgehead atoms. The van der Waals surface area contributed by atoms with Crippen molar-refractivity contribution in [1.29, 1.82) is 0 Å². The number of carbonyl (C=O) groups excluding carboxylic acids is 2. The van der Waals surface area contributed by atoms with Crippen LogP contribution in [0, 0.1) is 0 Å². The smallest absolute Gasteiger partial charge is 0.253 e. The molecule has 0 unspecified atom stereocenters. The number of rotatable bonds is 6. The molecular weight excluding hydrogens is 292 g/mol. The average molecular weight is 312 g/mol. The number of nitrogens with one attached hydrogen (secondary N) is 1. The number of amides is 2. The quantitative estimate of drug-likeness (QED) is 0.892. The van der Waals surface area contributed by atoms with E-state index in [1.807, 2.05) is 30.3 Å². The van der Waals surface area contributed by atoms with Crippen molar-refractivity contribution in [2.75, 3.05) is 25.5 Å². The summed E-state index contributed by atoms with van der Waals surface area (Å²) in [6.07, 6.45) is 0. The Morgan fingerprint density at radius 3 is 2.30 bits per heavy atom. The Bertz CT molecular complexity index is 654. The first-order valence-corrected chi connectivity index (χ1v) is 7.37. The van der Waals surface area contributed by atoms with Gasteiger partial charge < -0.3 is 15.0 Å². The van der Waals surface area contributed by atoms with E-state index in [2.05, 4.69) is 5.32 Å². The SMILES string of the molecule is CC(=O)Nc1ccc(C(=O)N(C)CCOc2ccccc2)cc1. The molecule has 2 amide bonds. The molecule has 0 aliphatic heterocycles. The predicted molar refractivity (Wildman–Crippen MR) is 89.6 cm³/mol. The highest BCUT2D eigenvalue weighted by atomic mass is 16.5. The molecule has 0 fully saturated rings. The molecule has 0 saturated heterocycles. The Morgan fingerprint density at radius 1 is 1.04 bits per heavy atom. The third kappa shape index (κ3) is 5.14. The number of hydrogen-bond acceptors (Lipinski definition) is 3. The van der Waals surface area contributed by atoms with Crippen LogP contribution in [0.5, 0.6) is 5.75 Å². The second kappa shape index (κ2) is 7.98. The second-order valence-corrected chi connectivity index (χ2v) is 5.15. The zero-order chi connectivity index (χ0) is 16.7. The van der Waals surface area contributed by atoms with Gasteiger partial charge in [0.1, 0.15) is 12.4 Å². The van der Waals surface area contributed by atoms with E-state index in [9.17, 15) is 9.59 Å². The third-order valence-electron chi connectivity index (χ3n) is 3.24. The summed E-state index contributed by atoms with van der Waals surface area (Å²) in [6, 6.07) is 16.3. The first-order chi connectivity index (χ1) is 11.1. The fraction of sp³-hybridized carbons (Fsp3) is 0.222. The van der Waals surface area contributed by atoms with Crippen molar-refractivity contribution in [1.82, 2.24) is 4.90 Å². The predicted octanol–water partition coefficient (Wildman–Crippen LogP) is 2.80. The minimum atomic E-state index is -0.140. The van der Waals surface area contributed by atoms with E-state index in [1.54, 1.807) is 36.2 Å². The summed E-state index contributed by atoms with van der Waals surface area (Å²) in [4.78, 5) is 24.9. The van der Waals surface area contributed by atoms with Crippen LogP contribution in [-0.2, 0) is 4.79 Å². The Kier molecular flexibility index (Phi) is 5.74. The normalized spacial score (nSPS) is 10.0. The average Bonchev–Trinajstić information content (AvgIpc) is 2.55. The van der Waals surface area contributed by atoms with Gasteiger partial charge in [-0.05, 0) is 36.4 Å². The molecule has 0 spiro atoms. The van der Waals surface area contributed by atoms with Crippen LogP contribution < -0.4 is 10.1 Å². The fourth-order valence-corrected chi connectivity index (χ4v) is 2.04. The molecule has 5 heteroatoms. The number of ether oxygens (including phenoxy) is 1. The molecule has 2 aromatic carbocycles. The van der Waals surface area contributed by atoms with E-state index in [4.69, 9.17) is 4.74 Å². The summed E-state index contributed by atoms with van der Waals surface area (Å²) in [5, 5.41) is 2.67. The van der Waals surface area contributed by atoms with Crippen molar-refractivity contribution < 1.29 is 14.3 Å². The fourth-order valence-electron chi connectivity index (χ4n) is 2.04. The van der Waals surface area contributed by atoms with Gasteiger partial charge in [0, 0.05) is 25.2 Å². The minimum Gasteiger partial charge on any atom is -0.492 e. The van der Waals surface area contributed by atoms with E-state index < -0.39 is 0 Å². The van der Waals surface area contributed by atoms with E-state index in [-0.39, 0.29) is 11.8 Å². The molecule has 23 heavy (non-hydrogen) atoms. The molecule has 120 valence electrons. The minimum absolute atomic E-state index is 0.0870. The van der Waals surface area contributed by atoms with Crippen molar-refractivity contribution >= 4 is 17.5 Å². The van der Waals surface area contributed by atoms with Gasteiger partial charge in [-0.3, -0.25) is 9.59 Å². The van der Waals surface area contributed by atoms with Gasteiger partial charge in [0.2, 0.25) is 5.91 Å². The Morgan fingerprint density at radius 2 is 1.70 bits per heavy atom. The molecule has 0 atom stereocenters. The molecule has 0 radical (unpaired) electrons. The van der Waals surface area contributed by atoms with Crippen LogP contribution in [0.1, 0.15) is 17.3 Å². The lowest BCUT2D eigenvalue weighted by Gasteiger charge is -2.17. The second-order valence-electron chi connectivity index (χ2n) is 5.15. The number of para-hydroxylation sites is 1. The Labute approximate surface area is 135 Å². The van der Waals surface area contributed by atoms with Gasteiger partial charge in [-0.1, -0.05) is 18.2 Å². The number of hydrogen-bond donors (Lipinski definition) is 1. The summed E-state index contributed by atoms with van der Waals surface area (Å²) < 4.78 is 5.58. The zero-order valence-electron chi connectivity index (χ0n) is 13.3. The highest BCUT2D eigenvalue weighted by Gasteiger charge is 2.11. The van der Waals surface area contributed by atoms with Crippen molar-refractivity contribution in [2.45, 2.75) is 6.92 Å². The van der Waals surface area contributed by atoms with Crippen LogP contribution in [0.25, 0.3) is 0 Å². The molecular formula is C18H20N2O3. The van der Waals surface area contributed by atoms with Crippen LogP contribution in [0.3, 0.4) is 0 Å². The highest BCUT2D eigenvalue weighted by Crippen LogP contribution is 2.12. The van der Waals surface area contributed by atoms with Gasteiger partial charge in [0.25, 0.3) is 5.91 Å². The van der Waals surface area contributed by atoms with Crippen LogP contribution in [0.15, 0.2) is 54.6 Å². The van der Waals surface area contributed by atoms with Crippen molar-refractivity contribution in [2.24, 2.45) is 0 Å². The van der Waals surface area contributed by atoms with Crippen LogP contribution >= 0.6 is 0 Å². The van der Waals surface area contributed by atoms with Gasteiger partial charge in [-0.2, -0.15) is 0 Å². The molecule has 0 heterocycles. The summed E-state index contributed by atoms with van der Waals surface area (Å²) >= 11 is 0. The van der Waals surface area contributed by atoms with E-state index >= 15 is 0 Å². The summed E-state index contributed by atoms with van der Waals surface area (Å²) in [5.41, 5.74) is 1.24. The molecule has 0 aliphatic carbocycles. The lowest BCUT2D eigenvalue weighted by Crippen LogP contribution is -2.30. The third-order valence-corrected chi connectivity index (χ3v) is 3.24. The zero-order valence-corrected chi connectivity index (χ0v) is 13.3. The maximum absolute atomic E-state index is 12.3. The first-order valence-electron chi connectivity index (χ1n) is 7.37. The van der Waals surface area contributed by atoms with Crippen molar-refractivity contribution in [3.63, 3.8) is 0 Å². The Balaban J connectivity index is 1.85. The standard InChI is InChI=1S/C18H20N2O3/c1-14(21)19-16-10-8-15(9-11-16)18(22)20(2)12-13-23-17-6-4-3-5-7-17/h3-11H,12-13H2,1-2H3,(H,19,21). The lowest BCUT2D eigenvalue weighted by atomic mass is 10.2. The van der Waals surface area contributed by atoms with Gasteiger partial charge in [-0.25, -0.2) is 0 Å². The van der Waals surface area contributed by atoms with Gasteiger partial charge in [-0.15, -0.1) is 0 Å². The maximum atomic E-state index is 12.3. The number of benzene rings is 2. The summed E-state index contributed by atoms with van der Waals surface area (Å²) in [6.45, 7) is 2.36. The summed E-state index contributed by atoms with van der Waals surface area (Å²) in [5.74, 6) is 0.559. The van der Waals surface area contributed by atoms with E-state index in [0.29, 0.717) is 24.4 Å². The van der Waals surface area contributed by atoms with Crippen molar-refractivity contribution in [3.8, 4) is 5.75 Å². The number of carbonyl (C=O) groups is 2. The lowest BCUT2D eigenvalue weighted by molar-refractivity contribution is -0.114. The van der Waals surface area contributed by atoms with Crippen LogP contribution in [-0.4, -0.2) is 36.9 Å².